The summed E-state index contributed by atoms with van der Waals surface area (Å²) in [6.45, 7) is 6.31. The number of aromatic nitrogens is 2. The van der Waals surface area contributed by atoms with Crippen LogP contribution in [0, 0.1) is 12.8 Å². The number of nitrogens with one attached hydrogen (secondary N) is 1. The Morgan fingerprint density at radius 1 is 1.56 bits per heavy atom. The lowest BCUT2D eigenvalue weighted by Gasteiger charge is -2.08. The fraction of sp³-hybridized carbons (Fsp3) is 0.583. The van der Waals surface area contributed by atoms with Crippen LogP contribution < -0.4 is 5.32 Å². The fourth-order valence-corrected chi connectivity index (χ4v) is 1.53. The lowest BCUT2D eigenvalue weighted by Crippen LogP contribution is -2.31. The summed E-state index contributed by atoms with van der Waals surface area (Å²) in [5.41, 5.74) is 1.30. The van der Waals surface area contributed by atoms with Crippen molar-refractivity contribution in [2.24, 2.45) is 5.92 Å². The Balaban J connectivity index is 2.64. The Morgan fingerprint density at radius 2 is 2.22 bits per heavy atom. The predicted molar refractivity (Wildman–Crippen MR) is 66.4 cm³/mol. The second kappa shape index (κ2) is 6.18. The molecule has 0 saturated carbocycles. The summed E-state index contributed by atoms with van der Waals surface area (Å²) in [6.07, 6.45) is 2.46. The highest BCUT2D eigenvalue weighted by atomic mass is 16.4. The van der Waals surface area contributed by atoms with Crippen molar-refractivity contribution in [3.8, 4) is 0 Å². The molecular weight excluding hydrogens is 234 g/mol. The summed E-state index contributed by atoms with van der Waals surface area (Å²) in [5, 5.41) is 15.5. The smallest absolute Gasteiger partial charge is 0.308 e. The minimum atomic E-state index is -0.922. The van der Waals surface area contributed by atoms with E-state index in [1.807, 2.05) is 13.8 Å². The molecule has 0 radical (unpaired) electrons. The molecule has 1 rings (SSSR count). The molecule has 1 heterocycles. The topological polar surface area (TPSA) is 84.2 Å². The Hall–Kier alpha value is -1.85. The van der Waals surface area contributed by atoms with E-state index in [2.05, 4.69) is 10.4 Å². The standard InChI is InChI=1S/C12H19N3O3/c1-4-5-15-9(3)10(7-14-15)11(16)13-6-8(2)12(17)18/h7-8H,4-6H2,1-3H3,(H,13,16)(H,17,18). The molecule has 1 aromatic heterocycles. The van der Waals surface area contributed by atoms with Gasteiger partial charge in [0, 0.05) is 18.8 Å². The van der Waals surface area contributed by atoms with Crippen molar-refractivity contribution in [1.82, 2.24) is 15.1 Å². The Morgan fingerprint density at radius 3 is 2.78 bits per heavy atom. The molecule has 0 saturated heterocycles. The van der Waals surface area contributed by atoms with Crippen LogP contribution >= 0.6 is 0 Å². The van der Waals surface area contributed by atoms with Gasteiger partial charge in [-0.1, -0.05) is 13.8 Å². The second-order valence-electron chi connectivity index (χ2n) is 4.32. The maximum absolute atomic E-state index is 11.9. The molecule has 6 heteroatoms. The molecule has 0 bridgehead atoms. The van der Waals surface area contributed by atoms with Gasteiger partial charge < -0.3 is 10.4 Å². The number of nitrogens with zero attached hydrogens (tertiary/aromatic N) is 2. The van der Waals surface area contributed by atoms with Gasteiger partial charge >= 0.3 is 5.97 Å². The molecule has 0 aliphatic heterocycles. The molecule has 0 spiro atoms. The quantitative estimate of drug-likeness (QED) is 0.793. The van der Waals surface area contributed by atoms with E-state index >= 15 is 0 Å². The molecule has 1 aromatic rings. The normalized spacial score (nSPS) is 12.2. The predicted octanol–water partition coefficient (Wildman–Crippen LogP) is 1.05. The summed E-state index contributed by atoms with van der Waals surface area (Å²) in [4.78, 5) is 22.5. The van der Waals surface area contributed by atoms with Crippen LogP contribution in [0.3, 0.4) is 0 Å². The number of aryl methyl sites for hydroxylation is 1. The van der Waals surface area contributed by atoms with Gasteiger partial charge in [-0.05, 0) is 13.3 Å². The molecule has 0 aliphatic carbocycles. The van der Waals surface area contributed by atoms with Crippen LogP contribution in [0.1, 0.15) is 36.3 Å². The van der Waals surface area contributed by atoms with Crippen molar-refractivity contribution < 1.29 is 14.7 Å². The van der Waals surface area contributed by atoms with Crippen LogP contribution in [0.5, 0.6) is 0 Å². The first-order valence-corrected chi connectivity index (χ1v) is 6.00. The van der Waals surface area contributed by atoms with Gasteiger partial charge in [0.05, 0.1) is 17.7 Å². The summed E-state index contributed by atoms with van der Waals surface area (Å²) < 4.78 is 1.77. The summed E-state index contributed by atoms with van der Waals surface area (Å²) in [5.74, 6) is -1.79. The van der Waals surface area contributed by atoms with Crippen LogP contribution in [0.2, 0.25) is 0 Å². The molecule has 0 aromatic carbocycles. The van der Waals surface area contributed by atoms with E-state index in [9.17, 15) is 9.59 Å². The second-order valence-corrected chi connectivity index (χ2v) is 4.32. The molecular formula is C12H19N3O3. The van der Waals surface area contributed by atoms with Gasteiger partial charge in [-0.3, -0.25) is 14.3 Å². The number of hydrogen-bond donors (Lipinski definition) is 2. The zero-order valence-electron chi connectivity index (χ0n) is 10.9. The maximum Gasteiger partial charge on any atom is 0.308 e. The van der Waals surface area contributed by atoms with Crippen molar-refractivity contribution in [2.45, 2.75) is 33.7 Å². The van der Waals surface area contributed by atoms with Gasteiger partial charge in [0.15, 0.2) is 0 Å². The van der Waals surface area contributed by atoms with Crippen LogP contribution in [-0.2, 0) is 11.3 Å². The molecule has 2 N–H and O–H groups in total. The number of carbonyl (C=O) groups is 2. The number of hydrogen-bond acceptors (Lipinski definition) is 3. The monoisotopic (exact) mass is 253 g/mol. The van der Waals surface area contributed by atoms with Crippen molar-refractivity contribution in [1.29, 1.82) is 0 Å². The highest BCUT2D eigenvalue weighted by Gasteiger charge is 2.16. The number of carboxylic acids is 1. The zero-order chi connectivity index (χ0) is 13.7. The molecule has 0 fully saturated rings. The number of aliphatic carboxylic acids is 1. The van der Waals surface area contributed by atoms with Crippen LogP contribution in [-0.4, -0.2) is 33.3 Å². The van der Waals surface area contributed by atoms with Gasteiger partial charge in [-0.2, -0.15) is 5.10 Å². The third-order valence-electron chi connectivity index (χ3n) is 2.77. The fourth-order valence-electron chi connectivity index (χ4n) is 1.53. The maximum atomic E-state index is 11.9. The van der Waals surface area contributed by atoms with E-state index in [4.69, 9.17) is 5.11 Å². The van der Waals surface area contributed by atoms with Crippen molar-refractivity contribution >= 4 is 11.9 Å². The van der Waals surface area contributed by atoms with Gasteiger partial charge in [-0.25, -0.2) is 0 Å². The molecule has 1 amide bonds. The van der Waals surface area contributed by atoms with E-state index in [0.29, 0.717) is 5.56 Å². The van der Waals surface area contributed by atoms with Gasteiger partial charge in [-0.15, -0.1) is 0 Å². The molecule has 18 heavy (non-hydrogen) atoms. The van der Waals surface area contributed by atoms with Crippen LogP contribution in [0.25, 0.3) is 0 Å². The third kappa shape index (κ3) is 3.32. The number of rotatable bonds is 6. The number of amides is 1. The van der Waals surface area contributed by atoms with Crippen LogP contribution in [0.15, 0.2) is 6.20 Å². The number of carbonyl (C=O) groups excluding carboxylic acids is 1. The lowest BCUT2D eigenvalue weighted by atomic mass is 10.2. The highest BCUT2D eigenvalue weighted by Crippen LogP contribution is 2.08. The SMILES string of the molecule is CCCn1ncc(C(=O)NCC(C)C(=O)O)c1C. The Bertz CT molecular complexity index is 440. The first-order chi connectivity index (χ1) is 8.47. The first-order valence-electron chi connectivity index (χ1n) is 6.00. The Labute approximate surface area is 106 Å². The third-order valence-corrected chi connectivity index (χ3v) is 2.77. The molecule has 0 aliphatic rings. The molecule has 100 valence electrons. The Kier molecular flexibility index (Phi) is 4.88. The molecule has 1 atom stereocenters. The zero-order valence-corrected chi connectivity index (χ0v) is 10.9. The molecule has 6 nitrogen and oxygen atoms in total. The highest BCUT2D eigenvalue weighted by molar-refractivity contribution is 5.95. The van der Waals surface area contributed by atoms with E-state index < -0.39 is 11.9 Å². The minimum Gasteiger partial charge on any atom is -0.481 e. The van der Waals surface area contributed by atoms with Crippen molar-refractivity contribution in [2.75, 3.05) is 6.54 Å². The van der Waals surface area contributed by atoms with E-state index in [0.717, 1.165) is 18.7 Å². The average Bonchev–Trinajstić information content (AvgIpc) is 2.68. The van der Waals surface area contributed by atoms with E-state index in [-0.39, 0.29) is 12.5 Å². The van der Waals surface area contributed by atoms with Gasteiger partial charge in [0.25, 0.3) is 5.91 Å². The van der Waals surface area contributed by atoms with Crippen molar-refractivity contribution in [3.63, 3.8) is 0 Å². The minimum absolute atomic E-state index is 0.118. The summed E-state index contributed by atoms with van der Waals surface area (Å²) in [6, 6.07) is 0. The van der Waals surface area contributed by atoms with E-state index in [1.54, 1.807) is 11.6 Å². The largest absolute Gasteiger partial charge is 0.481 e. The molecule has 1 unspecified atom stereocenters. The van der Waals surface area contributed by atoms with Gasteiger partial charge in [0.1, 0.15) is 0 Å². The van der Waals surface area contributed by atoms with E-state index in [1.165, 1.54) is 6.20 Å². The van der Waals surface area contributed by atoms with Crippen LogP contribution in [0.4, 0.5) is 0 Å². The van der Waals surface area contributed by atoms with Crippen molar-refractivity contribution in [3.05, 3.63) is 17.5 Å². The number of carboxylic acid groups (broad SMARTS) is 1. The lowest BCUT2D eigenvalue weighted by molar-refractivity contribution is -0.140. The first kappa shape index (κ1) is 14.2. The van der Waals surface area contributed by atoms with Gasteiger partial charge in [0.2, 0.25) is 0 Å². The summed E-state index contributed by atoms with van der Waals surface area (Å²) >= 11 is 0. The average molecular weight is 253 g/mol. The summed E-state index contributed by atoms with van der Waals surface area (Å²) in [7, 11) is 0.